The van der Waals surface area contributed by atoms with Crippen molar-refractivity contribution in [2.45, 2.75) is 38.2 Å². The second kappa shape index (κ2) is 5.08. The summed E-state index contributed by atoms with van der Waals surface area (Å²) >= 11 is 0. The molecule has 3 nitrogen and oxygen atoms in total. The number of halogens is 2. The van der Waals surface area contributed by atoms with Gasteiger partial charge in [0, 0.05) is 12.6 Å². The summed E-state index contributed by atoms with van der Waals surface area (Å²) in [5.74, 6) is -0.578. The minimum absolute atomic E-state index is 0.0939. The molecule has 1 saturated heterocycles. The fourth-order valence-electron chi connectivity index (χ4n) is 2.27. The maximum atomic E-state index is 12.4. The molecule has 16 heavy (non-hydrogen) atoms. The van der Waals surface area contributed by atoms with Gasteiger partial charge >= 0.3 is 6.43 Å². The molecule has 1 N–H and O–H groups in total. The summed E-state index contributed by atoms with van der Waals surface area (Å²) in [4.78, 5) is 12.8. The van der Waals surface area contributed by atoms with Crippen molar-refractivity contribution < 1.29 is 13.6 Å². The first-order chi connectivity index (χ1) is 7.68. The molecule has 0 radical (unpaired) electrons. The predicted molar refractivity (Wildman–Crippen MR) is 56.3 cm³/mol. The van der Waals surface area contributed by atoms with Crippen LogP contribution in [0, 0.1) is 5.92 Å². The summed E-state index contributed by atoms with van der Waals surface area (Å²) in [6, 6.07) is 0.0939. The number of amides is 1. The molecule has 2 rings (SSSR count). The summed E-state index contributed by atoms with van der Waals surface area (Å²) in [6.45, 7) is 2.40. The normalized spacial score (nSPS) is 22.4. The van der Waals surface area contributed by atoms with Crippen LogP contribution in [0.5, 0.6) is 0 Å². The van der Waals surface area contributed by atoms with Crippen LogP contribution < -0.4 is 5.32 Å². The average Bonchev–Trinajstić information content (AvgIpc) is 3.10. The van der Waals surface area contributed by atoms with Crippen LogP contribution in [-0.4, -0.2) is 42.9 Å². The van der Waals surface area contributed by atoms with Gasteiger partial charge in [-0.1, -0.05) is 0 Å². The molecule has 2 fully saturated rings. The third-order valence-corrected chi connectivity index (χ3v) is 3.37. The van der Waals surface area contributed by atoms with E-state index in [2.05, 4.69) is 5.32 Å². The second-order valence-corrected chi connectivity index (χ2v) is 4.72. The van der Waals surface area contributed by atoms with Gasteiger partial charge in [0.15, 0.2) is 0 Å². The molecular weight excluding hydrogens is 214 g/mol. The summed E-state index contributed by atoms with van der Waals surface area (Å²) in [7, 11) is 0. The first kappa shape index (κ1) is 11.8. The maximum Gasteiger partial charge on any atom is 0.315 e. The number of hydrogen-bond donors (Lipinski definition) is 1. The first-order valence-corrected chi connectivity index (χ1v) is 5.98. The van der Waals surface area contributed by atoms with Crippen LogP contribution in [0.15, 0.2) is 0 Å². The SMILES string of the molecule is O=C(C(F)F)N(CC1CCNCC1)C1CC1. The number of carbonyl (C=O) groups excluding carboxylic acids is 1. The lowest BCUT2D eigenvalue weighted by molar-refractivity contribution is -0.144. The molecule has 0 bridgehead atoms. The van der Waals surface area contributed by atoms with Crippen molar-refractivity contribution in [1.82, 2.24) is 10.2 Å². The van der Waals surface area contributed by atoms with E-state index in [1.54, 1.807) is 0 Å². The Balaban J connectivity index is 1.89. The van der Waals surface area contributed by atoms with Gasteiger partial charge in [0.05, 0.1) is 0 Å². The molecule has 0 unspecified atom stereocenters. The Hall–Kier alpha value is -0.710. The molecule has 0 spiro atoms. The van der Waals surface area contributed by atoms with Gasteiger partial charge in [0.2, 0.25) is 0 Å². The van der Waals surface area contributed by atoms with Gasteiger partial charge in [-0.15, -0.1) is 0 Å². The molecule has 92 valence electrons. The van der Waals surface area contributed by atoms with Crippen LogP contribution in [0.4, 0.5) is 8.78 Å². The smallest absolute Gasteiger partial charge is 0.315 e. The van der Waals surface area contributed by atoms with Gasteiger partial charge in [0.1, 0.15) is 0 Å². The number of nitrogens with one attached hydrogen (secondary N) is 1. The molecule has 5 heteroatoms. The number of nitrogens with zero attached hydrogens (tertiary/aromatic N) is 1. The van der Waals surface area contributed by atoms with Crippen molar-refractivity contribution in [1.29, 1.82) is 0 Å². The first-order valence-electron chi connectivity index (χ1n) is 5.98. The summed E-state index contributed by atoms with van der Waals surface area (Å²) in [5.41, 5.74) is 0. The predicted octanol–water partition coefficient (Wildman–Crippen LogP) is 1.24. The van der Waals surface area contributed by atoms with Gasteiger partial charge in [-0.3, -0.25) is 4.79 Å². The van der Waals surface area contributed by atoms with Gasteiger partial charge in [-0.25, -0.2) is 0 Å². The molecule has 0 atom stereocenters. The van der Waals surface area contributed by atoms with Crippen LogP contribution in [0.3, 0.4) is 0 Å². The number of rotatable bonds is 4. The highest BCUT2D eigenvalue weighted by Crippen LogP contribution is 2.29. The quantitative estimate of drug-likeness (QED) is 0.791. The Morgan fingerprint density at radius 3 is 2.38 bits per heavy atom. The molecule has 1 amide bonds. The van der Waals surface area contributed by atoms with Crippen LogP contribution >= 0.6 is 0 Å². The molecule has 2 aliphatic rings. The Morgan fingerprint density at radius 1 is 1.25 bits per heavy atom. The fraction of sp³-hybridized carbons (Fsp3) is 0.909. The number of hydrogen-bond acceptors (Lipinski definition) is 2. The molecule has 0 aromatic heterocycles. The van der Waals surface area contributed by atoms with E-state index in [0.29, 0.717) is 12.5 Å². The van der Waals surface area contributed by atoms with Crippen molar-refractivity contribution in [3.63, 3.8) is 0 Å². The molecule has 0 aromatic rings. The van der Waals surface area contributed by atoms with E-state index in [-0.39, 0.29) is 6.04 Å². The molecule has 1 heterocycles. The monoisotopic (exact) mass is 232 g/mol. The highest BCUT2D eigenvalue weighted by atomic mass is 19.3. The molecule has 1 aliphatic heterocycles. The highest BCUT2D eigenvalue weighted by Gasteiger charge is 2.37. The Bertz CT molecular complexity index is 250. The zero-order chi connectivity index (χ0) is 11.5. The average molecular weight is 232 g/mol. The Kier molecular flexibility index (Phi) is 3.74. The Labute approximate surface area is 94.2 Å². The molecular formula is C11H18F2N2O. The number of piperidine rings is 1. The summed E-state index contributed by atoms with van der Waals surface area (Å²) < 4.78 is 24.8. The standard InChI is InChI=1S/C11H18F2N2O/c12-10(13)11(16)15(9-1-2-9)7-8-3-5-14-6-4-8/h8-10,14H,1-7H2. The minimum Gasteiger partial charge on any atom is -0.334 e. The largest absolute Gasteiger partial charge is 0.334 e. The van der Waals surface area contributed by atoms with Gasteiger partial charge in [-0.05, 0) is 44.7 Å². The summed E-state index contributed by atoms with van der Waals surface area (Å²) in [5, 5.41) is 3.23. The van der Waals surface area contributed by atoms with Crippen molar-refractivity contribution in [3.8, 4) is 0 Å². The molecule has 1 saturated carbocycles. The lowest BCUT2D eigenvalue weighted by Crippen LogP contribution is -2.43. The van der Waals surface area contributed by atoms with Crippen molar-refractivity contribution in [2.24, 2.45) is 5.92 Å². The zero-order valence-corrected chi connectivity index (χ0v) is 9.29. The molecule has 0 aromatic carbocycles. The van der Waals surface area contributed by atoms with E-state index in [4.69, 9.17) is 0 Å². The van der Waals surface area contributed by atoms with Gasteiger partial charge < -0.3 is 10.2 Å². The van der Waals surface area contributed by atoms with E-state index in [9.17, 15) is 13.6 Å². The lowest BCUT2D eigenvalue weighted by atomic mass is 9.97. The van der Waals surface area contributed by atoms with Crippen LogP contribution in [-0.2, 0) is 4.79 Å². The van der Waals surface area contributed by atoms with Crippen molar-refractivity contribution >= 4 is 5.91 Å². The Morgan fingerprint density at radius 2 is 1.88 bits per heavy atom. The third kappa shape index (κ3) is 2.90. The topological polar surface area (TPSA) is 32.3 Å². The van der Waals surface area contributed by atoms with Crippen molar-refractivity contribution in [3.05, 3.63) is 0 Å². The van der Waals surface area contributed by atoms with Gasteiger partial charge in [0.25, 0.3) is 5.91 Å². The van der Waals surface area contributed by atoms with E-state index < -0.39 is 12.3 Å². The van der Waals surface area contributed by atoms with E-state index in [0.717, 1.165) is 38.8 Å². The maximum absolute atomic E-state index is 12.4. The number of carbonyl (C=O) groups is 1. The van der Waals surface area contributed by atoms with E-state index in [1.807, 2.05) is 0 Å². The highest BCUT2D eigenvalue weighted by molar-refractivity contribution is 5.80. The van der Waals surface area contributed by atoms with E-state index in [1.165, 1.54) is 4.90 Å². The van der Waals surface area contributed by atoms with Crippen LogP contribution in [0.25, 0.3) is 0 Å². The third-order valence-electron chi connectivity index (χ3n) is 3.37. The minimum atomic E-state index is -2.85. The van der Waals surface area contributed by atoms with Crippen molar-refractivity contribution in [2.75, 3.05) is 19.6 Å². The summed E-state index contributed by atoms with van der Waals surface area (Å²) in [6.07, 6.45) is 0.911. The van der Waals surface area contributed by atoms with Crippen LogP contribution in [0.2, 0.25) is 0 Å². The zero-order valence-electron chi connectivity index (χ0n) is 9.29. The number of alkyl halides is 2. The van der Waals surface area contributed by atoms with Crippen LogP contribution in [0.1, 0.15) is 25.7 Å². The second-order valence-electron chi connectivity index (χ2n) is 4.72. The molecule has 1 aliphatic carbocycles. The fourth-order valence-corrected chi connectivity index (χ4v) is 2.27. The van der Waals surface area contributed by atoms with E-state index >= 15 is 0 Å². The lowest BCUT2D eigenvalue weighted by Gasteiger charge is -2.30. The van der Waals surface area contributed by atoms with Gasteiger partial charge in [-0.2, -0.15) is 8.78 Å².